The number of aromatic nitrogens is 1. The van der Waals surface area contributed by atoms with Crippen LogP contribution in [0.4, 0.5) is 5.69 Å². The molecule has 1 aliphatic rings. The van der Waals surface area contributed by atoms with Crippen molar-refractivity contribution in [2.24, 2.45) is 5.92 Å². The molecule has 1 unspecified atom stereocenters. The molecule has 1 aromatic carbocycles. The van der Waals surface area contributed by atoms with Crippen molar-refractivity contribution in [2.75, 3.05) is 24.6 Å². The maximum Gasteiger partial charge on any atom is 0.227 e. The molecule has 1 N–H and O–H groups in total. The Kier molecular flexibility index (Phi) is 5.84. The van der Waals surface area contributed by atoms with Crippen LogP contribution in [0.1, 0.15) is 19.0 Å². The molecule has 0 aliphatic carbocycles. The van der Waals surface area contributed by atoms with Crippen molar-refractivity contribution in [2.45, 2.75) is 19.8 Å². The Morgan fingerprint density at radius 2 is 2.08 bits per heavy atom. The Labute approximate surface area is 153 Å². The highest BCUT2D eigenvalue weighted by Crippen LogP contribution is 2.33. The average Bonchev–Trinajstić information content (AvgIpc) is 3.05. The fraction of sp³-hybridized carbons (Fsp3) is 0.350. The first-order valence-corrected chi connectivity index (χ1v) is 8.89. The molecule has 2 aromatic rings. The molecule has 3 rings (SSSR count). The van der Waals surface area contributed by atoms with E-state index in [1.165, 1.54) is 0 Å². The first-order valence-electron chi connectivity index (χ1n) is 8.89. The summed E-state index contributed by atoms with van der Waals surface area (Å²) in [5.41, 5.74) is 1.66. The predicted octanol–water partition coefficient (Wildman–Crippen LogP) is 2.19. The van der Waals surface area contributed by atoms with Crippen molar-refractivity contribution in [3.8, 4) is 5.75 Å². The van der Waals surface area contributed by atoms with Gasteiger partial charge in [-0.25, -0.2) is 0 Å². The third-order valence-electron chi connectivity index (χ3n) is 4.36. The Morgan fingerprint density at radius 1 is 1.27 bits per heavy atom. The van der Waals surface area contributed by atoms with E-state index < -0.39 is 0 Å². The maximum atomic E-state index is 12.4. The lowest BCUT2D eigenvalue weighted by atomic mass is 10.1. The van der Waals surface area contributed by atoms with Crippen molar-refractivity contribution in [3.05, 3.63) is 54.4 Å². The summed E-state index contributed by atoms with van der Waals surface area (Å²) in [6.07, 6.45) is 2.63. The molecule has 1 aromatic heterocycles. The largest absolute Gasteiger partial charge is 0.492 e. The summed E-state index contributed by atoms with van der Waals surface area (Å²) in [6.45, 7) is 3.31. The quantitative estimate of drug-likeness (QED) is 0.828. The lowest BCUT2D eigenvalue weighted by Crippen LogP contribution is -2.34. The molecule has 6 heteroatoms. The Bertz CT molecular complexity index is 764. The highest BCUT2D eigenvalue weighted by Gasteiger charge is 2.36. The zero-order chi connectivity index (χ0) is 18.4. The zero-order valence-corrected chi connectivity index (χ0v) is 14.9. The summed E-state index contributed by atoms with van der Waals surface area (Å²) in [6, 6.07) is 13.1. The predicted molar refractivity (Wildman–Crippen MR) is 99.0 cm³/mol. The van der Waals surface area contributed by atoms with E-state index in [4.69, 9.17) is 4.74 Å². The first-order chi connectivity index (χ1) is 12.7. The van der Waals surface area contributed by atoms with E-state index in [0.717, 1.165) is 11.4 Å². The zero-order valence-electron chi connectivity index (χ0n) is 14.9. The molecule has 1 fully saturated rings. The summed E-state index contributed by atoms with van der Waals surface area (Å²) < 4.78 is 5.61. The second kappa shape index (κ2) is 8.47. The number of para-hydroxylation sites is 2. The van der Waals surface area contributed by atoms with Crippen molar-refractivity contribution in [3.63, 3.8) is 0 Å². The second-order valence-corrected chi connectivity index (χ2v) is 6.17. The average molecular weight is 353 g/mol. The number of carbonyl (C=O) groups is 2. The van der Waals surface area contributed by atoms with Gasteiger partial charge in [-0.2, -0.15) is 0 Å². The lowest BCUT2D eigenvalue weighted by molar-refractivity contribution is -0.126. The Balaban J connectivity index is 1.58. The fourth-order valence-corrected chi connectivity index (χ4v) is 3.08. The van der Waals surface area contributed by atoms with Gasteiger partial charge in [-0.15, -0.1) is 0 Å². The number of anilines is 1. The van der Waals surface area contributed by atoms with Gasteiger partial charge in [-0.3, -0.25) is 14.6 Å². The van der Waals surface area contributed by atoms with Gasteiger partial charge in [-0.05, 0) is 31.2 Å². The van der Waals surface area contributed by atoms with Gasteiger partial charge < -0.3 is 15.0 Å². The number of benzene rings is 1. The normalized spacial score (nSPS) is 16.6. The maximum absolute atomic E-state index is 12.4. The summed E-state index contributed by atoms with van der Waals surface area (Å²) in [5, 5.41) is 2.92. The minimum atomic E-state index is -0.346. The van der Waals surface area contributed by atoms with Gasteiger partial charge in [0, 0.05) is 37.8 Å². The van der Waals surface area contributed by atoms with Crippen LogP contribution in [0.25, 0.3) is 0 Å². The van der Waals surface area contributed by atoms with Gasteiger partial charge in [0.05, 0.1) is 18.2 Å². The Morgan fingerprint density at radius 3 is 2.85 bits per heavy atom. The molecule has 0 radical (unpaired) electrons. The van der Waals surface area contributed by atoms with Gasteiger partial charge in [0.1, 0.15) is 5.75 Å². The molecular weight excluding hydrogens is 330 g/mol. The van der Waals surface area contributed by atoms with Crippen molar-refractivity contribution < 1.29 is 14.3 Å². The molecule has 0 bridgehead atoms. The number of pyridine rings is 1. The van der Waals surface area contributed by atoms with E-state index >= 15 is 0 Å². The van der Waals surface area contributed by atoms with Gasteiger partial charge in [0.15, 0.2) is 0 Å². The molecule has 0 spiro atoms. The molecule has 6 nitrogen and oxygen atoms in total. The van der Waals surface area contributed by atoms with Crippen LogP contribution >= 0.6 is 0 Å². The van der Waals surface area contributed by atoms with Crippen molar-refractivity contribution >= 4 is 17.5 Å². The Hall–Kier alpha value is -2.89. The molecule has 2 heterocycles. The SMILES string of the molecule is CCOc1ccccc1N1CC(C(=O)NCCc2ccccn2)CC1=O. The molecule has 1 atom stereocenters. The van der Waals surface area contributed by atoms with E-state index in [-0.39, 0.29) is 24.2 Å². The van der Waals surface area contributed by atoms with Gasteiger partial charge in [0.2, 0.25) is 11.8 Å². The summed E-state index contributed by atoms with van der Waals surface area (Å²) in [5.74, 6) is 0.174. The molecule has 1 aliphatic heterocycles. The third kappa shape index (κ3) is 4.20. The molecular formula is C20H23N3O3. The smallest absolute Gasteiger partial charge is 0.227 e. The lowest BCUT2D eigenvalue weighted by Gasteiger charge is -2.20. The van der Waals surface area contributed by atoms with E-state index in [2.05, 4.69) is 10.3 Å². The number of nitrogens with zero attached hydrogens (tertiary/aromatic N) is 2. The molecule has 0 saturated carbocycles. The fourth-order valence-electron chi connectivity index (χ4n) is 3.08. The van der Waals surface area contributed by atoms with Crippen LogP contribution in [-0.4, -0.2) is 36.5 Å². The van der Waals surface area contributed by atoms with Crippen LogP contribution in [0.5, 0.6) is 5.75 Å². The first kappa shape index (κ1) is 17.9. The van der Waals surface area contributed by atoms with E-state index in [0.29, 0.717) is 31.9 Å². The van der Waals surface area contributed by atoms with Crippen LogP contribution in [0.3, 0.4) is 0 Å². The number of ether oxygens (including phenoxy) is 1. The highest BCUT2D eigenvalue weighted by atomic mass is 16.5. The van der Waals surface area contributed by atoms with Crippen molar-refractivity contribution in [1.82, 2.24) is 10.3 Å². The van der Waals surface area contributed by atoms with E-state index in [1.54, 1.807) is 11.1 Å². The minimum absolute atomic E-state index is 0.0537. The molecule has 26 heavy (non-hydrogen) atoms. The number of nitrogens with one attached hydrogen (secondary N) is 1. The van der Waals surface area contributed by atoms with Crippen LogP contribution < -0.4 is 15.0 Å². The number of hydrogen-bond donors (Lipinski definition) is 1. The van der Waals surface area contributed by atoms with Gasteiger partial charge in [0.25, 0.3) is 0 Å². The van der Waals surface area contributed by atoms with Crippen LogP contribution in [0.15, 0.2) is 48.7 Å². The summed E-state index contributed by atoms with van der Waals surface area (Å²) in [4.78, 5) is 30.7. The summed E-state index contributed by atoms with van der Waals surface area (Å²) in [7, 11) is 0. The minimum Gasteiger partial charge on any atom is -0.492 e. The molecule has 136 valence electrons. The monoisotopic (exact) mass is 353 g/mol. The van der Waals surface area contributed by atoms with E-state index in [1.807, 2.05) is 49.4 Å². The van der Waals surface area contributed by atoms with E-state index in [9.17, 15) is 9.59 Å². The summed E-state index contributed by atoms with van der Waals surface area (Å²) >= 11 is 0. The molecule has 2 amide bonds. The highest BCUT2D eigenvalue weighted by molar-refractivity contribution is 6.01. The second-order valence-electron chi connectivity index (χ2n) is 6.17. The number of rotatable bonds is 7. The van der Waals surface area contributed by atoms with Crippen LogP contribution in [-0.2, 0) is 16.0 Å². The molecule has 1 saturated heterocycles. The number of carbonyl (C=O) groups excluding carboxylic acids is 2. The van der Waals surface area contributed by atoms with Crippen LogP contribution in [0, 0.1) is 5.92 Å². The van der Waals surface area contributed by atoms with Gasteiger partial charge >= 0.3 is 0 Å². The van der Waals surface area contributed by atoms with Gasteiger partial charge in [-0.1, -0.05) is 18.2 Å². The third-order valence-corrected chi connectivity index (χ3v) is 4.36. The number of hydrogen-bond acceptors (Lipinski definition) is 4. The van der Waals surface area contributed by atoms with Crippen molar-refractivity contribution in [1.29, 1.82) is 0 Å². The standard InChI is InChI=1S/C20H23N3O3/c1-2-26-18-9-4-3-8-17(18)23-14-15(13-19(23)24)20(25)22-12-10-16-7-5-6-11-21-16/h3-9,11,15H,2,10,12-14H2,1H3,(H,22,25). The number of amides is 2. The topological polar surface area (TPSA) is 71.5 Å². The van der Waals surface area contributed by atoms with Crippen LogP contribution in [0.2, 0.25) is 0 Å².